The van der Waals surface area contributed by atoms with E-state index in [2.05, 4.69) is 11.2 Å². The largest absolute Gasteiger partial charge is 0.369 e. The van der Waals surface area contributed by atoms with E-state index in [4.69, 9.17) is 6.42 Å². The van der Waals surface area contributed by atoms with Crippen molar-refractivity contribution in [1.29, 1.82) is 0 Å². The molecule has 0 aromatic rings. The van der Waals surface area contributed by atoms with Gasteiger partial charge >= 0.3 is 0 Å². The van der Waals surface area contributed by atoms with Crippen LogP contribution >= 0.6 is 0 Å². The van der Waals surface area contributed by atoms with Crippen LogP contribution in [0.1, 0.15) is 20.3 Å². The SMILES string of the molecule is C#CCNC(=C=O)CC(C)C. The Balaban J connectivity index is 3.81. The number of allylic oxidation sites excluding steroid dienone is 1. The van der Waals surface area contributed by atoms with Gasteiger partial charge in [-0.2, -0.15) is 0 Å². The van der Waals surface area contributed by atoms with Crippen LogP contribution in [0.15, 0.2) is 5.70 Å². The zero-order valence-electron chi connectivity index (χ0n) is 6.98. The lowest BCUT2D eigenvalue weighted by Crippen LogP contribution is -2.15. The number of carbonyl (C=O) groups excluding carboxylic acids is 1. The van der Waals surface area contributed by atoms with Crippen molar-refractivity contribution in [3.05, 3.63) is 5.70 Å². The Morgan fingerprint density at radius 3 is 2.64 bits per heavy atom. The third-order valence-electron chi connectivity index (χ3n) is 1.14. The summed E-state index contributed by atoms with van der Waals surface area (Å²) in [7, 11) is 0. The first-order valence-corrected chi connectivity index (χ1v) is 3.62. The maximum Gasteiger partial charge on any atom is 0.145 e. The topological polar surface area (TPSA) is 29.1 Å². The van der Waals surface area contributed by atoms with Crippen molar-refractivity contribution in [2.75, 3.05) is 6.54 Å². The molecule has 0 amide bonds. The van der Waals surface area contributed by atoms with E-state index in [1.807, 2.05) is 19.8 Å². The molecule has 0 spiro atoms. The first kappa shape index (κ1) is 9.81. The van der Waals surface area contributed by atoms with E-state index in [1.165, 1.54) is 0 Å². The maximum absolute atomic E-state index is 10.3. The Morgan fingerprint density at radius 1 is 1.64 bits per heavy atom. The molecule has 0 atom stereocenters. The minimum Gasteiger partial charge on any atom is -0.369 e. The molecule has 0 aliphatic carbocycles. The molecule has 60 valence electrons. The Morgan fingerprint density at radius 2 is 2.27 bits per heavy atom. The second kappa shape index (κ2) is 5.58. The van der Waals surface area contributed by atoms with Crippen LogP contribution in [-0.2, 0) is 4.79 Å². The van der Waals surface area contributed by atoms with E-state index in [1.54, 1.807) is 0 Å². The monoisotopic (exact) mass is 151 g/mol. The molecule has 2 heteroatoms. The van der Waals surface area contributed by atoms with Crippen LogP contribution < -0.4 is 5.32 Å². The number of hydrogen-bond acceptors (Lipinski definition) is 2. The first-order valence-electron chi connectivity index (χ1n) is 3.62. The van der Waals surface area contributed by atoms with Gasteiger partial charge < -0.3 is 5.32 Å². The quantitative estimate of drug-likeness (QED) is 0.479. The minimum atomic E-state index is 0.400. The van der Waals surface area contributed by atoms with Gasteiger partial charge in [-0.15, -0.1) is 6.42 Å². The molecule has 0 unspecified atom stereocenters. The number of nitrogens with one attached hydrogen (secondary N) is 1. The third-order valence-corrected chi connectivity index (χ3v) is 1.14. The fraction of sp³-hybridized carbons (Fsp3) is 0.556. The van der Waals surface area contributed by atoms with Crippen LogP contribution in [0.5, 0.6) is 0 Å². The summed E-state index contributed by atoms with van der Waals surface area (Å²) in [6, 6.07) is 0. The van der Waals surface area contributed by atoms with Gasteiger partial charge in [0.2, 0.25) is 0 Å². The van der Waals surface area contributed by atoms with E-state index in [0.717, 1.165) is 0 Å². The van der Waals surface area contributed by atoms with E-state index in [-0.39, 0.29) is 0 Å². The number of rotatable bonds is 4. The summed E-state index contributed by atoms with van der Waals surface area (Å²) in [5.41, 5.74) is 0.568. The molecule has 0 heterocycles. The molecule has 2 nitrogen and oxygen atoms in total. The van der Waals surface area contributed by atoms with Crippen LogP contribution in [0, 0.1) is 18.3 Å². The van der Waals surface area contributed by atoms with Gasteiger partial charge in [0.15, 0.2) is 0 Å². The smallest absolute Gasteiger partial charge is 0.145 e. The zero-order chi connectivity index (χ0) is 8.69. The molecule has 0 bridgehead atoms. The van der Waals surface area contributed by atoms with Crippen molar-refractivity contribution in [3.8, 4) is 12.3 Å². The summed E-state index contributed by atoms with van der Waals surface area (Å²) in [6.45, 7) is 4.47. The van der Waals surface area contributed by atoms with Gasteiger partial charge in [0.25, 0.3) is 0 Å². The summed E-state index contributed by atoms with van der Waals surface area (Å²) in [4.78, 5) is 10.3. The van der Waals surface area contributed by atoms with Crippen molar-refractivity contribution in [3.63, 3.8) is 0 Å². The first-order chi connectivity index (χ1) is 5.20. The molecule has 0 aromatic heterocycles. The highest BCUT2D eigenvalue weighted by Gasteiger charge is 1.99. The van der Waals surface area contributed by atoms with Gasteiger partial charge in [0.05, 0.1) is 12.2 Å². The fourth-order valence-electron chi connectivity index (χ4n) is 0.716. The van der Waals surface area contributed by atoms with Gasteiger partial charge in [0, 0.05) is 6.42 Å². The average Bonchev–Trinajstić information content (AvgIpc) is 1.97. The minimum absolute atomic E-state index is 0.400. The lowest BCUT2D eigenvalue weighted by atomic mass is 10.1. The summed E-state index contributed by atoms with van der Waals surface area (Å²) in [5.74, 6) is 4.68. The number of hydrogen-bond donors (Lipinski definition) is 1. The molecule has 1 N–H and O–H groups in total. The molecule has 11 heavy (non-hydrogen) atoms. The highest BCUT2D eigenvalue weighted by molar-refractivity contribution is 5.51. The Kier molecular flexibility index (Phi) is 4.98. The second-order valence-electron chi connectivity index (χ2n) is 2.74. The van der Waals surface area contributed by atoms with Gasteiger partial charge in [-0.1, -0.05) is 19.8 Å². The summed E-state index contributed by atoms with van der Waals surface area (Å²) >= 11 is 0. The molecule has 0 fully saturated rings. The van der Waals surface area contributed by atoms with E-state index in [9.17, 15) is 4.79 Å². The van der Waals surface area contributed by atoms with Gasteiger partial charge in [-0.3, -0.25) is 0 Å². The van der Waals surface area contributed by atoms with Gasteiger partial charge in [-0.25, -0.2) is 4.79 Å². The average molecular weight is 151 g/mol. The van der Waals surface area contributed by atoms with Crippen LogP contribution in [0.4, 0.5) is 0 Å². The Bertz CT molecular complexity index is 194. The van der Waals surface area contributed by atoms with Crippen LogP contribution in [-0.4, -0.2) is 12.5 Å². The van der Waals surface area contributed by atoms with Crippen molar-refractivity contribution in [1.82, 2.24) is 5.32 Å². The standard InChI is InChI=1S/C9H13NO/c1-4-5-10-9(7-11)6-8(2)3/h1,8,10H,5-6H2,2-3H3. The lowest BCUT2D eigenvalue weighted by Gasteiger charge is -2.05. The predicted octanol–water partition coefficient (Wildman–Crippen LogP) is 0.971. The molecule has 0 aliphatic rings. The van der Waals surface area contributed by atoms with E-state index >= 15 is 0 Å². The summed E-state index contributed by atoms with van der Waals surface area (Å²) < 4.78 is 0. The Labute approximate surface area is 67.7 Å². The molecule has 0 saturated carbocycles. The zero-order valence-corrected chi connectivity index (χ0v) is 6.98. The molecule has 0 rings (SSSR count). The van der Waals surface area contributed by atoms with Crippen LogP contribution in [0.25, 0.3) is 0 Å². The molecule has 0 aliphatic heterocycles. The number of terminal acetylenes is 1. The molecule has 0 aromatic carbocycles. The van der Waals surface area contributed by atoms with Crippen LogP contribution in [0.3, 0.4) is 0 Å². The summed E-state index contributed by atoms with van der Waals surface area (Å²) in [6.07, 6.45) is 5.72. The van der Waals surface area contributed by atoms with E-state index < -0.39 is 0 Å². The van der Waals surface area contributed by atoms with Crippen molar-refractivity contribution < 1.29 is 4.79 Å². The summed E-state index contributed by atoms with van der Waals surface area (Å²) in [5, 5.41) is 2.81. The highest BCUT2D eigenvalue weighted by Crippen LogP contribution is 2.03. The van der Waals surface area contributed by atoms with Crippen molar-refractivity contribution >= 4 is 5.94 Å². The van der Waals surface area contributed by atoms with Crippen molar-refractivity contribution in [2.45, 2.75) is 20.3 Å². The van der Waals surface area contributed by atoms with Gasteiger partial charge in [-0.05, 0) is 5.92 Å². The maximum atomic E-state index is 10.3. The fourth-order valence-corrected chi connectivity index (χ4v) is 0.716. The third kappa shape index (κ3) is 5.26. The lowest BCUT2D eigenvalue weighted by molar-refractivity contribution is 0.554. The van der Waals surface area contributed by atoms with E-state index in [0.29, 0.717) is 24.6 Å². The predicted molar refractivity (Wildman–Crippen MR) is 45.5 cm³/mol. The molecular formula is C9H13NO. The highest BCUT2D eigenvalue weighted by atomic mass is 16.1. The van der Waals surface area contributed by atoms with Gasteiger partial charge in [0.1, 0.15) is 5.94 Å². The molecule has 0 radical (unpaired) electrons. The molecule has 0 saturated heterocycles. The second-order valence-corrected chi connectivity index (χ2v) is 2.74. The van der Waals surface area contributed by atoms with Crippen LogP contribution in [0.2, 0.25) is 0 Å². The Hall–Kier alpha value is -1.19. The normalized spacial score (nSPS) is 8.55. The molecular weight excluding hydrogens is 138 g/mol. The van der Waals surface area contributed by atoms with Crippen molar-refractivity contribution in [2.24, 2.45) is 5.92 Å².